The molecule has 8 nitrogen and oxygen atoms in total. The quantitative estimate of drug-likeness (QED) is 0.774. The number of carbonyl (C=O) groups excluding carboxylic acids is 1. The van der Waals surface area contributed by atoms with Crippen LogP contribution in [0.15, 0.2) is 24.3 Å². The summed E-state index contributed by atoms with van der Waals surface area (Å²) in [4.78, 5) is 29.1. The number of nitrogens with zero attached hydrogens (tertiary/aromatic N) is 3. The highest BCUT2D eigenvalue weighted by Gasteiger charge is 2.21. The zero-order chi connectivity index (χ0) is 18.8. The van der Waals surface area contributed by atoms with Gasteiger partial charge >= 0.3 is 5.97 Å². The van der Waals surface area contributed by atoms with Gasteiger partial charge in [-0.25, -0.2) is 13.4 Å². The summed E-state index contributed by atoms with van der Waals surface area (Å²) < 4.78 is 24.9. The van der Waals surface area contributed by atoms with Crippen LogP contribution in [-0.2, 0) is 31.7 Å². The molecule has 0 aliphatic rings. The number of carboxylic acid groups (broad SMARTS) is 1. The summed E-state index contributed by atoms with van der Waals surface area (Å²) in [5.74, 6) is -1.97. The fourth-order valence-electron chi connectivity index (χ4n) is 2.49. The van der Waals surface area contributed by atoms with E-state index in [0.29, 0.717) is 11.0 Å². The average Bonchev–Trinajstić information content (AvgIpc) is 2.82. The number of imidazole rings is 1. The predicted molar refractivity (Wildman–Crippen MR) is 92.7 cm³/mol. The Hall–Kier alpha value is -2.42. The third kappa shape index (κ3) is 4.79. The van der Waals surface area contributed by atoms with Gasteiger partial charge < -0.3 is 14.6 Å². The number of rotatable bonds is 7. The standard InChI is InChI=1S/C16H21N3O5S/c1-11(16(21)22)8-18(2)15(20)9-19-13-7-5-4-6-12(13)17-14(19)10-25(3,23)24/h4-7,11H,8-10H2,1-3H3,(H,21,22). The lowest BCUT2D eigenvalue weighted by Gasteiger charge is -2.20. The number of hydrogen-bond acceptors (Lipinski definition) is 5. The van der Waals surface area contributed by atoms with Gasteiger partial charge in [-0.15, -0.1) is 0 Å². The van der Waals surface area contributed by atoms with Gasteiger partial charge in [0.15, 0.2) is 9.84 Å². The molecule has 0 aliphatic carbocycles. The van der Waals surface area contributed by atoms with Gasteiger partial charge in [0.1, 0.15) is 18.1 Å². The van der Waals surface area contributed by atoms with Crippen LogP contribution in [0.3, 0.4) is 0 Å². The van der Waals surface area contributed by atoms with Crippen LogP contribution in [0.2, 0.25) is 0 Å². The molecular formula is C16H21N3O5S. The van der Waals surface area contributed by atoms with E-state index in [0.717, 1.165) is 6.26 Å². The van der Waals surface area contributed by atoms with Crippen LogP contribution in [0.25, 0.3) is 11.0 Å². The number of amides is 1. The summed E-state index contributed by atoms with van der Waals surface area (Å²) in [5, 5.41) is 8.96. The number of likely N-dealkylation sites (N-methyl/N-ethyl adjacent to an activating group) is 1. The molecule has 2 aromatic rings. The molecule has 0 aliphatic heterocycles. The van der Waals surface area contributed by atoms with E-state index in [4.69, 9.17) is 5.11 Å². The van der Waals surface area contributed by atoms with Gasteiger partial charge in [-0.05, 0) is 12.1 Å². The van der Waals surface area contributed by atoms with E-state index in [1.165, 1.54) is 18.9 Å². The number of fused-ring (bicyclic) bond motifs is 1. The summed E-state index contributed by atoms with van der Waals surface area (Å²) >= 11 is 0. The minimum atomic E-state index is -3.32. The number of para-hydroxylation sites is 2. The van der Waals surface area contributed by atoms with Crippen molar-refractivity contribution in [3.63, 3.8) is 0 Å². The van der Waals surface area contributed by atoms with Crippen molar-refractivity contribution in [2.45, 2.75) is 19.2 Å². The van der Waals surface area contributed by atoms with Crippen molar-refractivity contribution < 1.29 is 23.1 Å². The smallest absolute Gasteiger partial charge is 0.308 e. The third-order valence-electron chi connectivity index (χ3n) is 3.81. The zero-order valence-corrected chi connectivity index (χ0v) is 15.2. The normalized spacial score (nSPS) is 12.9. The number of carboxylic acids is 1. The third-order valence-corrected chi connectivity index (χ3v) is 4.60. The summed E-state index contributed by atoms with van der Waals surface area (Å²) in [6.07, 6.45) is 1.11. The second-order valence-corrected chi connectivity index (χ2v) is 8.33. The summed E-state index contributed by atoms with van der Waals surface area (Å²) in [5.41, 5.74) is 1.27. The molecule has 1 unspecified atom stereocenters. The molecule has 136 valence electrons. The molecule has 25 heavy (non-hydrogen) atoms. The van der Waals surface area contributed by atoms with Gasteiger partial charge in [0, 0.05) is 19.8 Å². The van der Waals surface area contributed by atoms with Gasteiger partial charge in [-0.1, -0.05) is 19.1 Å². The van der Waals surface area contributed by atoms with Crippen molar-refractivity contribution in [1.29, 1.82) is 0 Å². The highest BCUT2D eigenvalue weighted by molar-refractivity contribution is 7.89. The van der Waals surface area contributed by atoms with E-state index in [9.17, 15) is 18.0 Å². The van der Waals surface area contributed by atoms with Crippen LogP contribution < -0.4 is 0 Å². The van der Waals surface area contributed by atoms with E-state index in [-0.39, 0.29) is 30.6 Å². The number of hydrogen-bond donors (Lipinski definition) is 1. The maximum atomic E-state index is 12.5. The molecule has 0 saturated carbocycles. The Morgan fingerprint density at radius 3 is 2.56 bits per heavy atom. The van der Waals surface area contributed by atoms with Crippen LogP contribution in [0, 0.1) is 5.92 Å². The fourth-order valence-corrected chi connectivity index (χ4v) is 3.18. The molecule has 0 saturated heterocycles. The van der Waals surface area contributed by atoms with Crippen molar-refractivity contribution in [3.8, 4) is 0 Å². The highest BCUT2D eigenvalue weighted by atomic mass is 32.2. The summed E-state index contributed by atoms with van der Waals surface area (Å²) in [7, 11) is -1.79. The predicted octanol–water partition coefficient (Wildman–Crippen LogP) is 0.760. The Kier molecular flexibility index (Phi) is 5.46. The van der Waals surface area contributed by atoms with Gasteiger partial charge in [0.2, 0.25) is 5.91 Å². The fraction of sp³-hybridized carbons (Fsp3) is 0.438. The molecule has 1 aromatic heterocycles. The topological polar surface area (TPSA) is 110 Å². The molecule has 1 atom stereocenters. The monoisotopic (exact) mass is 367 g/mol. The van der Waals surface area contributed by atoms with Gasteiger partial charge in [-0.3, -0.25) is 9.59 Å². The lowest BCUT2D eigenvalue weighted by Crippen LogP contribution is -2.36. The molecule has 0 fully saturated rings. The second kappa shape index (κ2) is 7.22. The molecule has 2 rings (SSSR count). The summed E-state index contributed by atoms with van der Waals surface area (Å²) in [6, 6.07) is 7.08. The van der Waals surface area contributed by atoms with E-state index in [2.05, 4.69) is 4.98 Å². The lowest BCUT2D eigenvalue weighted by molar-refractivity contribution is -0.142. The van der Waals surface area contributed by atoms with Crippen molar-refractivity contribution in [3.05, 3.63) is 30.1 Å². The first-order valence-corrected chi connectivity index (χ1v) is 9.73. The molecule has 0 bridgehead atoms. The second-order valence-electron chi connectivity index (χ2n) is 6.19. The maximum Gasteiger partial charge on any atom is 0.308 e. The number of aromatic nitrogens is 2. The van der Waals surface area contributed by atoms with Crippen LogP contribution in [-0.4, -0.2) is 59.7 Å². The number of aliphatic carboxylic acids is 1. The first kappa shape index (κ1) is 18.9. The van der Waals surface area contributed by atoms with Crippen LogP contribution in [0.1, 0.15) is 12.7 Å². The van der Waals surface area contributed by atoms with Crippen LogP contribution in [0.4, 0.5) is 0 Å². The Labute approximate surface area is 146 Å². The number of sulfone groups is 1. The molecule has 9 heteroatoms. The van der Waals surface area contributed by atoms with Crippen molar-refractivity contribution in [2.75, 3.05) is 19.8 Å². The van der Waals surface area contributed by atoms with Gasteiger partial charge in [0.25, 0.3) is 0 Å². The highest BCUT2D eigenvalue weighted by Crippen LogP contribution is 2.18. The van der Waals surface area contributed by atoms with Gasteiger partial charge in [-0.2, -0.15) is 0 Å². The number of benzene rings is 1. The van der Waals surface area contributed by atoms with E-state index in [1.54, 1.807) is 28.8 Å². The molecule has 1 N–H and O–H groups in total. The lowest BCUT2D eigenvalue weighted by atomic mass is 10.2. The molecule has 1 aromatic carbocycles. The summed E-state index contributed by atoms with van der Waals surface area (Å²) in [6.45, 7) is 1.49. The first-order valence-electron chi connectivity index (χ1n) is 7.67. The maximum absolute atomic E-state index is 12.5. The first-order chi connectivity index (χ1) is 11.6. The minimum Gasteiger partial charge on any atom is -0.481 e. The van der Waals surface area contributed by atoms with Gasteiger partial charge in [0.05, 0.1) is 17.0 Å². The molecule has 0 radical (unpaired) electrons. The van der Waals surface area contributed by atoms with E-state index >= 15 is 0 Å². The van der Waals surface area contributed by atoms with E-state index < -0.39 is 21.7 Å². The van der Waals surface area contributed by atoms with Crippen molar-refractivity contribution in [1.82, 2.24) is 14.5 Å². The SMILES string of the molecule is CC(CN(C)C(=O)Cn1c(CS(C)(=O)=O)nc2ccccc21)C(=O)O. The Morgan fingerprint density at radius 2 is 1.96 bits per heavy atom. The van der Waals surface area contributed by atoms with Crippen LogP contribution in [0.5, 0.6) is 0 Å². The largest absolute Gasteiger partial charge is 0.481 e. The Morgan fingerprint density at radius 1 is 1.32 bits per heavy atom. The average molecular weight is 367 g/mol. The molecule has 0 spiro atoms. The Balaban J connectivity index is 2.31. The van der Waals surface area contributed by atoms with E-state index in [1.807, 2.05) is 0 Å². The zero-order valence-electron chi connectivity index (χ0n) is 14.3. The molecule has 1 heterocycles. The molecular weight excluding hydrogens is 346 g/mol. The Bertz CT molecular complexity index is 904. The number of carbonyl (C=O) groups is 2. The minimum absolute atomic E-state index is 0.0716. The van der Waals surface area contributed by atoms with Crippen molar-refractivity contribution >= 4 is 32.7 Å². The van der Waals surface area contributed by atoms with Crippen molar-refractivity contribution in [2.24, 2.45) is 5.92 Å². The molecule has 1 amide bonds. The van der Waals surface area contributed by atoms with Crippen LogP contribution >= 0.6 is 0 Å².